The first-order valence-corrected chi connectivity index (χ1v) is 5.06. The minimum absolute atomic E-state index is 0.118. The molecule has 0 radical (unpaired) electrons. The Labute approximate surface area is 79.4 Å². The van der Waals surface area contributed by atoms with Crippen molar-refractivity contribution in [2.75, 3.05) is 0 Å². The zero-order valence-electron chi connectivity index (χ0n) is 8.03. The fourth-order valence-corrected chi connectivity index (χ4v) is 2.20. The van der Waals surface area contributed by atoms with E-state index in [0.29, 0.717) is 5.92 Å². The van der Waals surface area contributed by atoms with Crippen molar-refractivity contribution >= 4 is 0 Å². The summed E-state index contributed by atoms with van der Waals surface area (Å²) in [6.07, 6.45) is 2.88. The van der Waals surface area contributed by atoms with E-state index >= 15 is 0 Å². The fraction of sp³-hybridized carbons (Fsp3) is 0.500. The average molecular weight is 176 g/mol. The fourth-order valence-electron chi connectivity index (χ4n) is 2.20. The number of hydrogen-bond acceptors (Lipinski definition) is 1. The highest BCUT2D eigenvalue weighted by atomic mass is 16.3. The van der Waals surface area contributed by atoms with Gasteiger partial charge in [-0.05, 0) is 36.3 Å². The van der Waals surface area contributed by atoms with E-state index in [4.69, 9.17) is 0 Å². The van der Waals surface area contributed by atoms with Crippen molar-refractivity contribution < 1.29 is 5.11 Å². The molecule has 1 atom stereocenters. The number of hydrogen-bond donors (Lipinski definition) is 1. The lowest BCUT2D eigenvalue weighted by Crippen LogP contribution is -2.19. The third kappa shape index (κ3) is 1.61. The van der Waals surface area contributed by atoms with Crippen LogP contribution in [0.3, 0.4) is 0 Å². The molecular weight excluding hydrogens is 160 g/mol. The zero-order valence-corrected chi connectivity index (χ0v) is 8.03. The van der Waals surface area contributed by atoms with Gasteiger partial charge in [0.1, 0.15) is 0 Å². The van der Waals surface area contributed by atoms with E-state index in [0.717, 1.165) is 19.3 Å². The van der Waals surface area contributed by atoms with Crippen LogP contribution in [0, 0.1) is 5.92 Å². The van der Waals surface area contributed by atoms with Gasteiger partial charge in [-0.2, -0.15) is 0 Å². The Hall–Kier alpha value is -0.820. The normalized spacial score (nSPS) is 18.6. The van der Waals surface area contributed by atoms with Crippen molar-refractivity contribution in [1.82, 2.24) is 0 Å². The van der Waals surface area contributed by atoms with E-state index in [1.807, 2.05) is 6.92 Å². The molecule has 1 unspecified atom stereocenters. The molecular formula is C12H16O. The smallest absolute Gasteiger partial charge is 0.0572 e. The zero-order chi connectivity index (χ0) is 9.26. The summed E-state index contributed by atoms with van der Waals surface area (Å²) in [6, 6.07) is 8.52. The second kappa shape index (κ2) is 3.51. The minimum atomic E-state index is -0.118. The highest BCUT2D eigenvalue weighted by molar-refractivity contribution is 5.32. The standard InChI is InChI=1S/C12H16O/c1-2-12(13)11-7-9-5-3-4-6-10(9)8-11/h3-6,11-13H,2,7-8H2,1H3. The highest BCUT2D eigenvalue weighted by Crippen LogP contribution is 2.29. The molecule has 70 valence electrons. The third-order valence-corrected chi connectivity index (χ3v) is 3.05. The molecule has 0 saturated carbocycles. The molecule has 1 aromatic rings. The molecule has 1 aliphatic rings. The van der Waals surface area contributed by atoms with Crippen LogP contribution in [0.4, 0.5) is 0 Å². The molecule has 1 aromatic carbocycles. The lowest BCUT2D eigenvalue weighted by molar-refractivity contribution is 0.109. The van der Waals surface area contributed by atoms with Crippen LogP contribution in [0.5, 0.6) is 0 Å². The van der Waals surface area contributed by atoms with E-state index < -0.39 is 0 Å². The first-order valence-electron chi connectivity index (χ1n) is 5.06. The molecule has 0 spiro atoms. The molecule has 1 heteroatoms. The predicted molar refractivity (Wildman–Crippen MR) is 53.6 cm³/mol. The summed E-state index contributed by atoms with van der Waals surface area (Å²) in [6.45, 7) is 2.05. The lowest BCUT2D eigenvalue weighted by atomic mass is 9.97. The lowest BCUT2D eigenvalue weighted by Gasteiger charge is -2.14. The number of benzene rings is 1. The molecule has 0 saturated heterocycles. The third-order valence-electron chi connectivity index (χ3n) is 3.05. The van der Waals surface area contributed by atoms with Crippen LogP contribution < -0.4 is 0 Å². The summed E-state index contributed by atoms with van der Waals surface area (Å²) >= 11 is 0. The number of fused-ring (bicyclic) bond motifs is 1. The Morgan fingerprint density at radius 3 is 2.31 bits per heavy atom. The van der Waals surface area contributed by atoms with E-state index in [-0.39, 0.29) is 6.10 Å². The van der Waals surface area contributed by atoms with Gasteiger partial charge in [-0.3, -0.25) is 0 Å². The maximum atomic E-state index is 9.73. The molecule has 0 fully saturated rings. The van der Waals surface area contributed by atoms with Gasteiger partial charge >= 0.3 is 0 Å². The van der Waals surface area contributed by atoms with Crippen molar-refractivity contribution in [3.8, 4) is 0 Å². The second-order valence-electron chi connectivity index (χ2n) is 3.91. The summed E-state index contributed by atoms with van der Waals surface area (Å²) < 4.78 is 0. The molecule has 0 heterocycles. The Kier molecular flexibility index (Phi) is 2.36. The number of aliphatic hydroxyl groups is 1. The molecule has 2 rings (SSSR count). The van der Waals surface area contributed by atoms with Crippen LogP contribution in [-0.4, -0.2) is 11.2 Å². The van der Waals surface area contributed by atoms with Gasteiger partial charge in [0.05, 0.1) is 6.10 Å². The maximum Gasteiger partial charge on any atom is 0.0572 e. The van der Waals surface area contributed by atoms with Gasteiger partial charge in [0.2, 0.25) is 0 Å². The van der Waals surface area contributed by atoms with Gasteiger partial charge < -0.3 is 5.11 Å². The van der Waals surface area contributed by atoms with Crippen LogP contribution in [0.25, 0.3) is 0 Å². The van der Waals surface area contributed by atoms with Crippen LogP contribution >= 0.6 is 0 Å². The quantitative estimate of drug-likeness (QED) is 0.732. The van der Waals surface area contributed by atoms with Gasteiger partial charge in [-0.1, -0.05) is 31.2 Å². The topological polar surface area (TPSA) is 20.2 Å². The minimum Gasteiger partial charge on any atom is -0.393 e. The summed E-state index contributed by atoms with van der Waals surface area (Å²) in [5.41, 5.74) is 2.86. The molecule has 1 aliphatic carbocycles. The van der Waals surface area contributed by atoms with Crippen LogP contribution in [0.1, 0.15) is 24.5 Å². The Morgan fingerprint density at radius 1 is 1.31 bits per heavy atom. The van der Waals surface area contributed by atoms with Crippen molar-refractivity contribution in [3.63, 3.8) is 0 Å². The largest absolute Gasteiger partial charge is 0.393 e. The summed E-state index contributed by atoms with van der Waals surface area (Å²) in [5.74, 6) is 0.461. The van der Waals surface area contributed by atoms with E-state index in [9.17, 15) is 5.11 Å². The molecule has 0 amide bonds. The number of aliphatic hydroxyl groups excluding tert-OH is 1. The van der Waals surface area contributed by atoms with E-state index in [2.05, 4.69) is 24.3 Å². The van der Waals surface area contributed by atoms with Gasteiger partial charge in [0.25, 0.3) is 0 Å². The SMILES string of the molecule is CCC(O)C1Cc2ccccc2C1. The predicted octanol–water partition coefficient (Wildman–Crippen LogP) is 2.17. The summed E-state index contributed by atoms with van der Waals surface area (Å²) in [5, 5.41) is 9.73. The highest BCUT2D eigenvalue weighted by Gasteiger charge is 2.25. The molecule has 13 heavy (non-hydrogen) atoms. The maximum absolute atomic E-state index is 9.73. The van der Waals surface area contributed by atoms with Crippen molar-refractivity contribution in [3.05, 3.63) is 35.4 Å². The van der Waals surface area contributed by atoms with Crippen molar-refractivity contribution in [2.45, 2.75) is 32.3 Å². The molecule has 1 N–H and O–H groups in total. The van der Waals surface area contributed by atoms with Gasteiger partial charge in [0.15, 0.2) is 0 Å². The first-order chi connectivity index (χ1) is 6.31. The Bertz CT molecular complexity index is 268. The molecule has 0 aromatic heterocycles. The average Bonchev–Trinajstić information content (AvgIpc) is 2.59. The second-order valence-corrected chi connectivity index (χ2v) is 3.91. The van der Waals surface area contributed by atoms with Crippen molar-refractivity contribution in [2.24, 2.45) is 5.92 Å². The Balaban J connectivity index is 2.14. The monoisotopic (exact) mass is 176 g/mol. The van der Waals surface area contributed by atoms with Gasteiger partial charge in [0, 0.05) is 0 Å². The number of rotatable bonds is 2. The van der Waals surface area contributed by atoms with E-state index in [1.54, 1.807) is 0 Å². The van der Waals surface area contributed by atoms with Crippen LogP contribution in [0.2, 0.25) is 0 Å². The van der Waals surface area contributed by atoms with Crippen LogP contribution in [0.15, 0.2) is 24.3 Å². The summed E-state index contributed by atoms with van der Waals surface area (Å²) in [4.78, 5) is 0. The van der Waals surface area contributed by atoms with Gasteiger partial charge in [-0.15, -0.1) is 0 Å². The summed E-state index contributed by atoms with van der Waals surface area (Å²) in [7, 11) is 0. The Morgan fingerprint density at radius 2 is 1.85 bits per heavy atom. The molecule has 1 nitrogen and oxygen atoms in total. The molecule has 0 bridgehead atoms. The first kappa shape index (κ1) is 8.76. The molecule has 0 aliphatic heterocycles. The van der Waals surface area contributed by atoms with E-state index in [1.165, 1.54) is 11.1 Å². The van der Waals surface area contributed by atoms with Crippen molar-refractivity contribution in [1.29, 1.82) is 0 Å². The van der Waals surface area contributed by atoms with Crippen LogP contribution in [-0.2, 0) is 12.8 Å². The van der Waals surface area contributed by atoms with Gasteiger partial charge in [-0.25, -0.2) is 0 Å².